The summed E-state index contributed by atoms with van der Waals surface area (Å²) in [7, 11) is 2.20. The molecule has 1 unspecified atom stereocenters. The average molecular weight is 354 g/mol. The fourth-order valence-electron chi connectivity index (χ4n) is 4.71. The number of carbonyl (C=O) groups is 1. The molecule has 4 nitrogen and oxygen atoms in total. The number of nitrogens with zero attached hydrogens (tertiary/aromatic N) is 2. The molecule has 1 fully saturated rings. The lowest BCUT2D eigenvalue weighted by atomic mass is 9.93. The minimum absolute atomic E-state index is 0.425. The van der Waals surface area contributed by atoms with Gasteiger partial charge < -0.3 is 14.8 Å². The Morgan fingerprint density at radius 1 is 1.35 bits per heavy atom. The zero-order chi connectivity index (χ0) is 18.1. The topological polar surface area (TPSA) is 37.3 Å². The summed E-state index contributed by atoms with van der Waals surface area (Å²) in [5.74, 6) is 0.970. The second-order valence-corrected chi connectivity index (χ2v) is 8.29. The van der Waals surface area contributed by atoms with E-state index in [9.17, 15) is 4.79 Å². The van der Waals surface area contributed by atoms with Crippen molar-refractivity contribution >= 4 is 16.7 Å². The maximum Gasteiger partial charge on any atom is 0.135 e. The van der Waals surface area contributed by atoms with Crippen LogP contribution < -0.4 is 5.32 Å². The fourth-order valence-corrected chi connectivity index (χ4v) is 4.71. The van der Waals surface area contributed by atoms with Gasteiger partial charge >= 0.3 is 0 Å². The number of benzene rings is 1. The van der Waals surface area contributed by atoms with Gasteiger partial charge in [-0.3, -0.25) is 4.79 Å². The molecule has 0 aliphatic carbocycles. The van der Waals surface area contributed by atoms with Gasteiger partial charge in [0.2, 0.25) is 0 Å². The highest BCUT2D eigenvalue weighted by atomic mass is 16.1. The van der Waals surface area contributed by atoms with E-state index in [1.807, 2.05) is 0 Å². The van der Waals surface area contributed by atoms with Crippen LogP contribution in [0, 0.1) is 12.8 Å². The van der Waals surface area contributed by atoms with Crippen molar-refractivity contribution in [3.63, 3.8) is 0 Å². The highest BCUT2D eigenvalue weighted by molar-refractivity contribution is 5.87. The fraction of sp³-hybridized carbons (Fsp3) is 0.591. The molecule has 2 aliphatic rings. The monoisotopic (exact) mass is 353 g/mol. The van der Waals surface area contributed by atoms with Gasteiger partial charge in [0, 0.05) is 55.5 Å². The minimum atomic E-state index is 0.425. The van der Waals surface area contributed by atoms with Crippen molar-refractivity contribution in [3.8, 4) is 0 Å². The smallest absolute Gasteiger partial charge is 0.135 e. The lowest BCUT2D eigenvalue weighted by molar-refractivity contribution is -0.120. The van der Waals surface area contributed by atoms with Crippen LogP contribution in [0.4, 0.5) is 0 Å². The maximum absolute atomic E-state index is 12.6. The average Bonchev–Trinajstić information content (AvgIpc) is 2.93. The zero-order valence-electron chi connectivity index (χ0n) is 16.2. The molecule has 0 saturated carbocycles. The molecular weight excluding hydrogens is 322 g/mol. The Hall–Kier alpha value is -1.65. The Morgan fingerprint density at radius 2 is 2.23 bits per heavy atom. The third-order valence-corrected chi connectivity index (χ3v) is 6.13. The van der Waals surface area contributed by atoms with Crippen LogP contribution in [-0.4, -0.2) is 41.9 Å². The number of nitrogens with one attached hydrogen (secondary N) is 1. The molecule has 140 valence electrons. The molecule has 3 heterocycles. The summed E-state index contributed by atoms with van der Waals surface area (Å²) in [6.07, 6.45) is 4.90. The van der Waals surface area contributed by atoms with Crippen LogP contribution in [0.5, 0.6) is 0 Å². The molecular formula is C22H31N3O. The van der Waals surface area contributed by atoms with Gasteiger partial charge in [-0.2, -0.15) is 0 Å². The first-order valence-electron chi connectivity index (χ1n) is 10.1. The van der Waals surface area contributed by atoms with Crippen LogP contribution >= 0.6 is 0 Å². The summed E-state index contributed by atoms with van der Waals surface area (Å²) in [6, 6.07) is 6.77. The number of aromatic nitrogens is 1. The van der Waals surface area contributed by atoms with E-state index in [1.165, 1.54) is 40.6 Å². The number of likely N-dealkylation sites (N-methyl/N-ethyl adjacent to an activating group) is 1. The van der Waals surface area contributed by atoms with Gasteiger partial charge in [0.1, 0.15) is 5.78 Å². The molecule has 1 aromatic carbocycles. The predicted molar refractivity (Wildman–Crippen MR) is 107 cm³/mol. The lowest BCUT2D eigenvalue weighted by Gasteiger charge is -2.24. The van der Waals surface area contributed by atoms with Crippen molar-refractivity contribution in [1.29, 1.82) is 0 Å². The molecule has 4 rings (SSSR count). The number of rotatable bonds is 5. The zero-order valence-corrected chi connectivity index (χ0v) is 16.2. The standard InChI is InChI=1S/C22H31N3O/c1-16-5-6-21-19(12-16)20-15-24(2)10-8-22(20)25(21)11-7-18(26)13-17-4-3-9-23-14-17/h5-6,12,17,23H,3-4,7-11,13-15H2,1-2H3. The second kappa shape index (κ2) is 7.53. The van der Waals surface area contributed by atoms with Crippen molar-refractivity contribution in [2.24, 2.45) is 5.92 Å². The van der Waals surface area contributed by atoms with Gasteiger partial charge in [-0.15, -0.1) is 0 Å². The number of hydrogen-bond donors (Lipinski definition) is 1. The summed E-state index contributed by atoms with van der Waals surface area (Å²) in [5.41, 5.74) is 5.55. The third kappa shape index (κ3) is 3.58. The van der Waals surface area contributed by atoms with Gasteiger partial charge in [0.15, 0.2) is 0 Å². The first-order chi connectivity index (χ1) is 12.6. The summed E-state index contributed by atoms with van der Waals surface area (Å²) in [6.45, 7) is 7.24. The number of fused-ring (bicyclic) bond motifs is 3. The number of piperidine rings is 1. The Balaban J connectivity index is 1.53. The Kier molecular flexibility index (Phi) is 5.14. The molecule has 26 heavy (non-hydrogen) atoms. The molecule has 4 heteroatoms. The van der Waals surface area contributed by atoms with Gasteiger partial charge in [0.05, 0.1) is 0 Å². The van der Waals surface area contributed by atoms with Gasteiger partial charge in [-0.1, -0.05) is 11.6 Å². The van der Waals surface area contributed by atoms with E-state index in [0.29, 0.717) is 18.1 Å². The molecule has 1 N–H and O–H groups in total. The molecule has 1 atom stereocenters. The molecule has 0 bridgehead atoms. The summed E-state index contributed by atoms with van der Waals surface area (Å²) >= 11 is 0. The second-order valence-electron chi connectivity index (χ2n) is 8.29. The van der Waals surface area contributed by atoms with E-state index < -0.39 is 0 Å². The van der Waals surface area contributed by atoms with Crippen molar-refractivity contribution < 1.29 is 4.79 Å². The molecule has 2 aromatic rings. The van der Waals surface area contributed by atoms with Gasteiger partial charge in [-0.25, -0.2) is 0 Å². The Morgan fingerprint density at radius 3 is 3.04 bits per heavy atom. The van der Waals surface area contributed by atoms with E-state index >= 15 is 0 Å². The predicted octanol–water partition coefficient (Wildman–Crippen LogP) is 3.29. The van der Waals surface area contributed by atoms with Gasteiger partial charge in [-0.05, 0) is 63.5 Å². The minimum Gasteiger partial charge on any atom is -0.344 e. The molecule has 1 aromatic heterocycles. The molecule has 0 amide bonds. The first kappa shape index (κ1) is 17.7. The van der Waals surface area contributed by atoms with Crippen LogP contribution in [0.1, 0.15) is 42.5 Å². The van der Waals surface area contributed by atoms with Crippen LogP contribution in [0.2, 0.25) is 0 Å². The van der Waals surface area contributed by atoms with Crippen LogP contribution in [0.25, 0.3) is 10.9 Å². The molecule has 0 spiro atoms. The Labute approximate surface area is 156 Å². The summed E-state index contributed by atoms with van der Waals surface area (Å²) < 4.78 is 2.44. The number of carbonyl (C=O) groups excluding carboxylic acids is 1. The molecule has 1 saturated heterocycles. The van der Waals surface area contributed by atoms with Crippen LogP contribution in [-0.2, 0) is 24.3 Å². The first-order valence-corrected chi connectivity index (χ1v) is 10.1. The molecule has 0 radical (unpaired) electrons. The summed E-state index contributed by atoms with van der Waals surface area (Å²) in [5, 5.41) is 4.81. The highest BCUT2D eigenvalue weighted by Crippen LogP contribution is 2.31. The normalized spacial score (nSPS) is 21.1. The third-order valence-electron chi connectivity index (χ3n) is 6.13. The lowest BCUT2D eigenvalue weighted by Crippen LogP contribution is -2.31. The summed E-state index contributed by atoms with van der Waals surface area (Å²) in [4.78, 5) is 15.0. The van der Waals surface area contributed by atoms with Crippen molar-refractivity contribution in [1.82, 2.24) is 14.8 Å². The Bertz CT molecular complexity index is 801. The van der Waals surface area contributed by atoms with Gasteiger partial charge in [0.25, 0.3) is 0 Å². The van der Waals surface area contributed by atoms with E-state index in [2.05, 4.69) is 47.0 Å². The number of Topliss-reactive ketones (excluding diaryl/α,β-unsaturated/α-hetero) is 1. The van der Waals surface area contributed by atoms with E-state index in [1.54, 1.807) is 0 Å². The quantitative estimate of drug-likeness (QED) is 0.896. The highest BCUT2D eigenvalue weighted by Gasteiger charge is 2.23. The van der Waals surface area contributed by atoms with Crippen molar-refractivity contribution in [2.45, 2.75) is 52.1 Å². The maximum atomic E-state index is 12.6. The number of ketones is 1. The van der Waals surface area contributed by atoms with Crippen LogP contribution in [0.3, 0.4) is 0 Å². The van der Waals surface area contributed by atoms with E-state index in [-0.39, 0.29) is 0 Å². The number of aryl methyl sites for hydroxylation is 2. The van der Waals surface area contributed by atoms with E-state index in [0.717, 1.165) is 45.6 Å². The van der Waals surface area contributed by atoms with Crippen LogP contribution in [0.15, 0.2) is 18.2 Å². The number of hydrogen-bond acceptors (Lipinski definition) is 3. The SMILES string of the molecule is Cc1ccc2c(c1)c1c(n2CCC(=O)CC2CCCNC2)CCN(C)C1. The van der Waals surface area contributed by atoms with Crippen molar-refractivity contribution in [3.05, 3.63) is 35.0 Å². The largest absolute Gasteiger partial charge is 0.344 e. The van der Waals surface area contributed by atoms with E-state index in [4.69, 9.17) is 0 Å². The van der Waals surface area contributed by atoms with Crippen molar-refractivity contribution in [2.75, 3.05) is 26.7 Å². The molecule has 2 aliphatic heterocycles.